The Balaban J connectivity index is 1.85. The van der Waals surface area contributed by atoms with E-state index in [1.165, 1.54) is 6.07 Å². The van der Waals surface area contributed by atoms with E-state index in [4.69, 9.17) is 0 Å². The van der Waals surface area contributed by atoms with E-state index in [1.54, 1.807) is 18.2 Å². The summed E-state index contributed by atoms with van der Waals surface area (Å²) >= 11 is 0. The number of H-pyrrole nitrogens is 1. The smallest absolute Gasteiger partial charge is 0.306 e. The molecule has 106 valence electrons. The van der Waals surface area contributed by atoms with Gasteiger partial charge < -0.3 is 10.4 Å². The van der Waals surface area contributed by atoms with E-state index < -0.39 is 23.0 Å². The highest BCUT2D eigenvalue weighted by atomic mass is 16.3. The Bertz CT molecular complexity index is 810. The van der Waals surface area contributed by atoms with Crippen molar-refractivity contribution in [2.75, 3.05) is 5.32 Å². The SMILES string of the molecule is O=C1Nc2cccc(CCc3cc(O)c(=O)[nH]n3)c2C1=O. The Morgan fingerprint density at radius 2 is 1.95 bits per heavy atom. The second-order valence-electron chi connectivity index (χ2n) is 4.70. The van der Waals surface area contributed by atoms with Gasteiger partial charge >= 0.3 is 5.56 Å². The Morgan fingerprint density at radius 3 is 2.71 bits per heavy atom. The highest BCUT2D eigenvalue weighted by Crippen LogP contribution is 2.27. The van der Waals surface area contributed by atoms with Gasteiger partial charge in [-0.05, 0) is 24.5 Å². The van der Waals surface area contributed by atoms with Crippen molar-refractivity contribution in [3.63, 3.8) is 0 Å². The number of amides is 1. The standard InChI is InChI=1S/C14H11N3O4/c18-10-6-8(16-17-13(10)20)5-4-7-2-1-3-9-11(7)12(19)14(21)15-9/h1-3,6H,4-5H2,(H,16,18)(H,17,20)(H,15,19,21). The average Bonchev–Trinajstić information content (AvgIpc) is 2.76. The van der Waals surface area contributed by atoms with Crippen LogP contribution in [0.1, 0.15) is 21.6 Å². The number of hydrogen-bond acceptors (Lipinski definition) is 5. The summed E-state index contributed by atoms with van der Waals surface area (Å²) in [6.07, 6.45) is 0.880. The molecule has 1 aliphatic rings. The van der Waals surface area contributed by atoms with Crippen molar-refractivity contribution in [3.8, 4) is 5.75 Å². The summed E-state index contributed by atoms with van der Waals surface area (Å²) in [6, 6.07) is 6.48. The quantitative estimate of drug-likeness (QED) is 0.706. The van der Waals surface area contributed by atoms with E-state index in [9.17, 15) is 19.5 Å². The van der Waals surface area contributed by atoms with Gasteiger partial charge in [0.1, 0.15) is 0 Å². The molecule has 3 rings (SSSR count). The first-order chi connectivity index (χ1) is 10.1. The molecule has 0 fully saturated rings. The predicted molar refractivity (Wildman–Crippen MR) is 73.3 cm³/mol. The molecule has 21 heavy (non-hydrogen) atoms. The molecule has 1 amide bonds. The number of aromatic amines is 1. The van der Waals surface area contributed by atoms with Gasteiger partial charge in [-0.25, -0.2) is 5.10 Å². The summed E-state index contributed by atoms with van der Waals surface area (Å²) in [4.78, 5) is 34.2. The molecular weight excluding hydrogens is 274 g/mol. The lowest BCUT2D eigenvalue weighted by molar-refractivity contribution is -0.112. The van der Waals surface area contributed by atoms with Crippen molar-refractivity contribution in [2.45, 2.75) is 12.8 Å². The van der Waals surface area contributed by atoms with Crippen molar-refractivity contribution in [2.24, 2.45) is 0 Å². The zero-order chi connectivity index (χ0) is 15.0. The summed E-state index contributed by atoms with van der Waals surface area (Å²) in [6.45, 7) is 0. The molecule has 0 radical (unpaired) electrons. The number of rotatable bonds is 3. The minimum absolute atomic E-state index is 0.385. The van der Waals surface area contributed by atoms with Crippen LogP contribution in [-0.2, 0) is 17.6 Å². The van der Waals surface area contributed by atoms with E-state index >= 15 is 0 Å². The summed E-state index contributed by atoms with van der Waals surface area (Å²) < 4.78 is 0. The van der Waals surface area contributed by atoms with Gasteiger partial charge in [0.2, 0.25) is 0 Å². The van der Waals surface area contributed by atoms with Crippen molar-refractivity contribution >= 4 is 17.4 Å². The number of benzene rings is 1. The van der Waals surface area contributed by atoms with E-state index in [2.05, 4.69) is 15.5 Å². The van der Waals surface area contributed by atoms with E-state index in [0.717, 1.165) is 5.56 Å². The molecule has 0 spiro atoms. The molecule has 0 saturated heterocycles. The molecule has 0 saturated carbocycles. The van der Waals surface area contributed by atoms with E-state index in [-0.39, 0.29) is 0 Å². The van der Waals surface area contributed by atoms with Crippen LogP contribution in [0.3, 0.4) is 0 Å². The number of nitrogens with one attached hydrogen (secondary N) is 2. The fourth-order valence-electron chi connectivity index (χ4n) is 2.30. The van der Waals surface area contributed by atoms with Crippen LogP contribution in [0.2, 0.25) is 0 Å². The molecule has 1 aromatic carbocycles. The van der Waals surface area contributed by atoms with Gasteiger partial charge in [-0.2, -0.15) is 5.10 Å². The number of hydrogen-bond donors (Lipinski definition) is 3. The summed E-state index contributed by atoms with van der Waals surface area (Å²) in [5, 5.41) is 17.8. The third kappa shape index (κ3) is 2.29. The second-order valence-corrected chi connectivity index (χ2v) is 4.70. The number of aromatic hydroxyl groups is 1. The third-order valence-corrected chi connectivity index (χ3v) is 3.32. The lowest BCUT2D eigenvalue weighted by Crippen LogP contribution is -2.13. The van der Waals surface area contributed by atoms with Gasteiger partial charge in [0.05, 0.1) is 16.9 Å². The average molecular weight is 285 g/mol. The molecule has 7 heteroatoms. The first-order valence-electron chi connectivity index (χ1n) is 6.31. The fourth-order valence-corrected chi connectivity index (χ4v) is 2.30. The van der Waals surface area contributed by atoms with Crippen LogP contribution in [0, 0.1) is 0 Å². The molecule has 1 aromatic heterocycles. The summed E-state index contributed by atoms with van der Waals surface area (Å²) in [5.74, 6) is -1.57. The maximum atomic E-state index is 11.8. The highest BCUT2D eigenvalue weighted by Gasteiger charge is 2.29. The van der Waals surface area contributed by atoms with E-state index in [1.807, 2.05) is 0 Å². The summed E-state index contributed by atoms with van der Waals surface area (Å²) in [7, 11) is 0. The minimum Gasteiger partial charge on any atom is -0.503 e. The van der Waals surface area contributed by atoms with Gasteiger partial charge in [-0.3, -0.25) is 14.4 Å². The number of anilines is 1. The Kier molecular flexibility index (Phi) is 3.02. The molecule has 1 aliphatic heterocycles. The van der Waals surface area contributed by atoms with Crippen molar-refractivity contribution in [1.82, 2.24) is 10.2 Å². The molecule has 0 bridgehead atoms. The molecular formula is C14H11N3O4. The van der Waals surface area contributed by atoms with E-state index in [0.29, 0.717) is 29.8 Å². The number of nitrogens with zero attached hydrogens (tertiary/aromatic N) is 1. The monoisotopic (exact) mass is 285 g/mol. The molecule has 0 aliphatic carbocycles. The Morgan fingerprint density at radius 1 is 1.14 bits per heavy atom. The number of aryl methyl sites for hydroxylation is 2. The number of carbonyl (C=O) groups is 2. The molecule has 0 atom stereocenters. The Labute approximate surface area is 118 Å². The molecule has 2 aromatic rings. The van der Waals surface area contributed by atoms with Crippen LogP contribution >= 0.6 is 0 Å². The second kappa shape index (κ2) is 4.86. The van der Waals surface area contributed by atoms with Gasteiger partial charge in [-0.1, -0.05) is 12.1 Å². The highest BCUT2D eigenvalue weighted by molar-refractivity contribution is 6.52. The first-order valence-corrected chi connectivity index (χ1v) is 6.31. The summed E-state index contributed by atoms with van der Waals surface area (Å²) in [5.41, 5.74) is 1.47. The van der Waals surface area contributed by atoms with Crippen LogP contribution < -0.4 is 10.9 Å². The number of Topliss-reactive ketones (excluding diaryl/α,β-unsaturated/α-hetero) is 1. The van der Waals surface area contributed by atoms with Gasteiger partial charge in [0.25, 0.3) is 11.7 Å². The van der Waals surface area contributed by atoms with Gasteiger partial charge in [0.15, 0.2) is 5.75 Å². The van der Waals surface area contributed by atoms with Crippen LogP contribution in [0.15, 0.2) is 29.1 Å². The molecule has 2 heterocycles. The van der Waals surface area contributed by atoms with Crippen molar-refractivity contribution in [1.29, 1.82) is 0 Å². The van der Waals surface area contributed by atoms with Crippen LogP contribution in [0.5, 0.6) is 5.75 Å². The lowest BCUT2D eigenvalue weighted by Gasteiger charge is -2.06. The molecule has 0 unspecified atom stereocenters. The maximum Gasteiger partial charge on any atom is 0.306 e. The molecule has 7 nitrogen and oxygen atoms in total. The Hall–Kier alpha value is -2.96. The lowest BCUT2D eigenvalue weighted by atomic mass is 9.99. The zero-order valence-electron chi connectivity index (χ0n) is 10.8. The maximum absolute atomic E-state index is 11.8. The van der Waals surface area contributed by atoms with Crippen molar-refractivity contribution < 1.29 is 14.7 Å². The van der Waals surface area contributed by atoms with Crippen molar-refractivity contribution in [3.05, 3.63) is 51.4 Å². The minimum atomic E-state index is -0.649. The topological polar surface area (TPSA) is 112 Å². The van der Waals surface area contributed by atoms with Gasteiger partial charge in [-0.15, -0.1) is 0 Å². The zero-order valence-corrected chi connectivity index (χ0v) is 10.8. The first kappa shape index (κ1) is 13.0. The predicted octanol–water partition coefficient (Wildman–Crippen LogP) is 0.396. The number of fused-ring (bicyclic) bond motifs is 1. The third-order valence-electron chi connectivity index (χ3n) is 3.32. The number of aromatic nitrogens is 2. The number of ketones is 1. The van der Waals surface area contributed by atoms with Crippen LogP contribution in [0.25, 0.3) is 0 Å². The normalized spacial score (nSPS) is 13.1. The van der Waals surface area contributed by atoms with Crippen LogP contribution in [-0.4, -0.2) is 27.0 Å². The van der Waals surface area contributed by atoms with Crippen LogP contribution in [0.4, 0.5) is 5.69 Å². The molecule has 3 N–H and O–H groups in total. The number of carbonyl (C=O) groups excluding carboxylic acids is 2. The van der Waals surface area contributed by atoms with Gasteiger partial charge in [0, 0.05) is 6.07 Å². The fraction of sp³-hybridized carbons (Fsp3) is 0.143. The largest absolute Gasteiger partial charge is 0.503 e.